The summed E-state index contributed by atoms with van der Waals surface area (Å²) in [6, 6.07) is 9.98. The maximum Gasteiger partial charge on any atom is 0.279 e. The lowest BCUT2D eigenvalue weighted by Gasteiger charge is -2.22. The number of thiophene rings is 1. The summed E-state index contributed by atoms with van der Waals surface area (Å²) in [7, 11) is 0. The van der Waals surface area contributed by atoms with Crippen molar-refractivity contribution < 1.29 is 9.53 Å². The van der Waals surface area contributed by atoms with Crippen LogP contribution in [0.25, 0.3) is 20.8 Å². The minimum atomic E-state index is -0.118. The van der Waals surface area contributed by atoms with Crippen LogP contribution in [0.3, 0.4) is 0 Å². The van der Waals surface area contributed by atoms with E-state index in [1.165, 1.54) is 22.7 Å². The van der Waals surface area contributed by atoms with Crippen LogP contribution in [-0.2, 0) is 4.74 Å². The van der Waals surface area contributed by atoms with E-state index in [0.29, 0.717) is 17.4 Å². The molecule has 3 aromatic heterocycles. The Balaban J connectivity index is 1.49. The summed E-state index contributed by atoms with van der Waals surface area (Å²) in [5, 5.41) is 7.47. The van der Waals surface area contributed by atoms with Gasteiger partial charge >= 0.3 is 0 Å². The van der Waals surface area contributed by atoms with Gasteiger partial charge < -0.3 is 4.74 Å². The van der Waals surface area contributed by atoms with Gasteiger partial charge in [-0.1, -0.05) is 23.5 Å². The number of benzene rings is 1. The fraction of sp³-hybridized carbons (Fsp3) is 0.250. The summed E-state index contributed by atoms with van der Waals surface area (Å²) in [6.45, 7) is 1.26. The van der Waals surface area contributed by atoms with Crippen LogP contribution in [0.5, 0.6) is 0 Å². The Morgan fingerprint density at radius 3 is 2.93 bits per heavy atom. The van der Waals surface area contributed by atoms with Crippen LogP contribution < -0.4 is 4.90 Å². The number of ether oxygens (including phenoxy) is 1. The summed E-state index contributed by atoms with van der Waals surface area (Å²) in [5.41, 5.74) is 2.42. The van der Waals surface area contributed by atoms with Gasteiger partial charge in [-0.15, -0.1) is 11.3 Å². The van der Waals surface area contributed by atoms with E-state index < -0.39 is 0 Å². The van der Waals surface area contributed by atoms with E-state index in [1.54, 1.807) is 16.2 Å². The average Bonchev–Trinajstić information content (AvgIpc) is 3.51. The van der Waals surface area contributed by atoms with Gasteiger partial charge in [-0.25, -0.2) is 9.97 Å². The van der Waals surface area contributed by atoms with Crippen LogP contribution in [-0.4, -0.2) is 35.1 Å². The summed E-state index contributed by atoms with van der Waals surface area (Å²) in [5.74, 6) is -0.118. The number of aromatic nitrogens is 2. The van der Waals surface area contributed by atoms with E-state index in [2.05, 4.69) is 4.98 Å². The fourth-order valence-electron chi connectivity index (χ4n) is 3.24. The first-order valence-electron chi connectivity index (χ1n) is 9.05. The van der Waals surface area contributed by atoms with Crippen molar-refractivity contribution in [3.05, 3.63) is 52.2 Å². The predicted molar refractivity (Wildman–Crippen MR) is 116 cm³/mol. The molecular weight excluding hydrogens is 410 g/mol. The maximum atomic E-state index is 13.4. The SMILES string of the molecule is O=C(c1csc(-c2ccsc2)n1)N(CC1CCCO1)c1nc2ccccc2s1. The largest absolute Gasteiger partial charge is 0.376 e. The monoisotopic (exact) mass is 427 g/mol. The third-order valence-corrected chi connectivity index (χ3v) is 7.29. The highest BCUT2D eigenvalue weighted by molar-refractivity contribution is 7.22. The Labute approximate surface area is 174 Å². The molecular formula is C20H17N3O2S3. The van der Waals surface area contributed by atoms with Crippen molar-refractivity contribution in [1.29, 1.82) is 0 Å². The zero-order valence-corrected chi connectivity index (χ0v) is 17.4. The van der Waals surface area contributed by atoms with Crippen LogP contribution in [0.2, 0.25) is 0 Å². The van der Waals surface area contributed by atoms with Crippen molar-refractivity contribution in [3.63, 3.8) is 0 Å². The van der Waals surface area contributed by atoms with E-state index in [4.69, 9.17) is 9.72 Å². The average molecular weight is 428 g/mol. The van der Waals surface area contributed by atoms with Crippen LogP contribution in [0, 0.1) is 0 Å². The van der Waals surface area contributed by atoms with Crippen LogP contribution in [0.15, 0.2) is 46.5 Å². The van der Waals surface area contributed by atoms with E-state index in [-0.39, 0.29) is 12.0 Å². The van der Waals surface area contributed by atoms with Gasteiger partial charge in [-0.05, 0) is 36.4 Å². The molecule has 5 rings (SSSR count). The lowest BCUT2D eigenvalue weighted by molar-refractivity contribution is 0.0914. The zero-order valence-electron chi connectivity index (χ0n) is 14.9. The molecule has 0 N–H and O–H groups in total. The van der Waals surface area contributed by atoms with Gasteiger partial charge in [0, 0.05) is 22.9 Å². The molecule has 0 aliphatic carbocycles. The molecule has 1 atom stereocenters. The van der Waals surface area contributed by atoms with Crippen molar-refractivity contribution in [2.45, 2.75) is 18.9 Å². The Hall–Kier alpha value is -2.13. The number of anilines is 1. The fourth-order valence-corrected chi connectivity index (χ4v) is 5.72. The summed E-state index contributed by atoms with van der Waals surface area (Å²) >= 11 is 4.65. The number of rotatable bonds is 5. The van der Waals surface area contributed by atoms with Gasteiger partial charge in [-0.3, -0.25) is 9.69 Å². The number of hydrogen-bond acceptors (Lipinski definition) is 7. The Kier molecular flexibility index (Phi) is 4.94. The second-order valence-electron chi connectivity index (χ2n) is 6.56. The molecule has 1 fully saturated rings. The number of carbonyl (C=O) groups is 1. The highest BCUT2D eigenvalue weighted by Gasteiger charge is 2.28. The van der Waals surface area contributed by atoms with E-state index in [1.807, 2.05) is 46.5 Å². The number of amides is 1. The lowest BCUT2D eigenvalue weighted by atomic mass is 10.2. The molecule has 1 aliphatic heterocycles. The predicted octanol–water partition coefficient (Wildman–Crippen LogP) is 5.31. The molecule has 8 heteroatoms. The summed E-state index contributed by atoms with van der Waals surface area (Å²) in [4.78, 5) is 24.4. The summed E-state index contributed by atoms with van der Waals surface area (Å²) in [6.07, 6.45) is 2.04. The normalized spacial score (nSPS) is 16.6. The van der Waals surface area contributed by atoms with Gasteiger partial charge in [0.15, 0.2) is 5.13 Å². The molecule has 4 heterocycles. The molecule has 4 aromatic rings. The second-order valence-corrected chi connectivity index (χ2v) is 9.21. The van der Waals surface area contributed by atoms with Crippen LogP contribution in [0.1, 0.15) is 23.3 Å². The minimum Gasteiger partial charge on any atom is -0.376 e. The van der Waals surface area contributed by atoms with E-state index in [0.717, 1.165) is 40.2 Å². The Morgan fingerprint density at radius 1 is 1.21 bits per heavy atom. The quantitative estimate of drug-likeness (QED) is 0.433. The van der Waals surface area contributed by atoms with Crippen molar-refractivity contribution in [3.8, 4) is 10.6 Å². The second kappa shape index (κ2) is 7.71. The van der Waals surface area contributed by atoms with Gasteiger partial charge in [0.1, 0.15) is 10.7 Å². The van der Waals surface area contributed by atoms with Gasteiger partial charge in [0.05, 0.1) is 22.9 Å². The van der Waals surface area contributed by atoms with Crippen LogP contribution >= 0.6 is 34.0 Å². The van der Waals surface area contributed by atoms with Gasteiger partial charge in [0.2, 0.25) is 0 Å². The molecule has 0 bridgehead atoms. The summed E-state index contributed by atoms with van der Waals surface area (Å²) < 4.78 is 6.87. The first-order chi connectivity index (χ1) is 13.8. The zero-order chi connectivity index (χ0) is 18.9. The highest BCUT2D eigenvalue weighted by atomic mass is 32.1. The molecule has 5 nitrogen and oxygen atoms in total. The van der Waals surface area contributed by atoms with Crippen molar-refractivity contribution in [1.82, 2.24) is 9.97 Å². The van der Waals surface area contributed by atoms with Crippen molar-refractivity contribution in [2.75, 3.05) is 18.1 Å². The molecule has 0 radical (unpaired) electrons. The van der Waals surface area contributed by atoms with Gasteiger partial charge in [0.25, 0.3) is 5.91 Å². The molecule has 142 valence electrons. The lowest BCUT2D eigenvalue weighted by Crippen LogP contribution is -2.37. The smallest absolute Gasteiger partial charge is 0.279 e. The van der Waals surface area contributed by atoms with E-state index in [9.17, 15) is 4.79 Å². The first kappa shape index (κ1) is 17.9. The van der Waals surface area contributed by atoms with Crippen molar-refractivity contribution >= 4 is 55.3 Å². The topological polar surface area (TPSA) is 55.3 Å². The molecule has 0 spiro atoms. The number of carbonyl (C=O) groups excluding carboxylic acids is 1. The molecule has 1 aliphatic rings. The highest BCUT2D eigenvalue weighted by Crippen LogP contribution is 2.32. The molecule has 1 saturated heterocycles. The van der Waals surface area contributed by atoms with Gasteiger partial charge in [-0.2, -0.15) is 11.3 Å². The molecule has 1 amide bonds. The Bertz CT molecular complexity index is 1060. The standard InChI is InChI=1S/C20H17N3O2S3/c24-19(16-12-27-18(21-16)13-7-9-26-11-13)23(10-14-4-3-8-25-14)20-22-15-5-1-2-6-17(15)28-20/h1-2,5-7,9,11-12,14H,3-4,8,10H2. The molecule has 28 heavy (non-hydrogen) atoms. The number of hydrogen-bond donors (Lipinski definition) is 0. The number of para-hydroxylation sites is 1. The molecule has 1 aromatic carbocycles. The number of fused-ring (bicyclic) bond motifs is 1. The molecule has 0 saturated carbocycles. The maximum absolute atomic E-state index is 13.4. The van der Waals surface area contributed by atoms with Crippen LogP contribution in [0.4, 0.5) is 5.13 Å². The third-order valence-electron chi connectivity index (χ3n) is 4.66. The molecule has 1 unspecified atom stereocenters. The number of nitrogens with zero attached hydrogens (tertiary/aromatic N) is 3. The number of thiazole rings is 2. The Morgan fingerprint density at radius 2 is 2.14 bits per heavy atom. The first-order valence-corrected chi connectivity index (χ1v) is 11.7. The minimum absolute atomic E-state index is 0.0472. The van der Waals surface area contributed by atoms with Crippen molar-refractivity contribution in [2.24, 2.45) is 0 Å². The van der Waals surface area contributed by atoms with E-state index >= 15 is 0 Å². The third kappa shape index (κ3) is 3.48.